The average molecular weight is 460 g/mol. The van der Waals surface area contributed by atoms with Gasteiger partial charge in [0, 0.05) is 43.4 Å². The summed E-state index contributed by atoms with van der Waals surface area (Å²) in [6.07, 6.45) is 5.19. The van der Waals surface area contributed by atoms with Crippen LogP contribution in [-0.2, 0) is 7.05 Å². The van der Waals surface area contributed by atoms with Gasteiger partial charge in [0.05, 0.1) is 40.5 Å². The zero-order chi connectivity index (χ0) is 23.8. The fourth-order valence-corrected chi connectivity index (χ4v) is 4.41. The third kappa shape index (κ3) is 3.86. The molecule has 34 heavy (non-hydrogen) atoms. The highest BCUT2D eigenvalue weighted by molar-refractivity contribution is 5.86. The molecule has 0 radical (unpaired) electrons. The molecule has 1 fully saturated rings. The number of anilines is 1. The Balaban J connectivity index is 1.65. The quantitative estimate of drug-likeness (QED) is 0.496. The number of halogens is 2. The highest BCUT2D eigenvalue weighted by atomic mass is 19.1. The summed E-state index contributed by atoms with van der Waals surface area (Å²) in [5.74, 6) is -0.477. The van der Waals surface area contributed by atoms with Crippen molar-refractivity contribution in [2.24, 2.45) is 7.05 Å². The molecule has 0 aliphatic carbocycles. The van der Waals surface area contributed by atoms with E-state index in [1.807, 2.05) is 13.1 Å². The Morgan fingerprint density at radius 2 is 1.85 bits per heavy atom. The topological polar surface area (TPSA) is 82.7 Å². The van der Waals surface area contributed by atoms with Gasteiger partial charge in [-0.15, -0.1) is 0 Å². The Labute approximate surface area is 195 Å². The number of rotatable bonds is 4. The van der Waals surface area contributed by atoms with E-state index in [-0.39, 0.29) is 11.1 Å². The summed E-state index contributed by atoms with van der Waals surface area (Å²) in [7, 11) is 3.75. The van der Waals surface area contributed by atoms with Crippen LogP contribution in [0.5, 0.6) is 0 Å². The maximum Gasteiger partial charge on any atom is 0.147 e. The van der Waals surface area contributed by atoms with Gasteiger partial charge in [-0.05, 0) is 38.1 Å². The molecule has 1 aliphatic heterocycles. The maximum absolute atomic E-state index is 15.3. The molecule has 9 heteroatoms. The summed E-state index contributed by atoms with van der Waals surface area (Å²) in [6.45, 7) is 1.60. The lowest BCUT2D eigenvalue weighted by Crippen LogP contribution is -2.41. The van der Waals surface area contributed by atoms with Gasteiger partial charge in [-0.1, -0.05) is 6.07 Å². The highest BCUT2D eigenvalue weighted by Crippen LogP contribution is 2.35. The smallest absolute Gasteiger partial charge is 0.147 e. The fraction of sp³-hybridized carbons (Fsp3) is 0.280. The van der Waals surface area contributed by atoms with Crippen molar-refractivity contribution in [1.82, 2.24) is 24.8 Å². The fourth-order valence-electron chi connectivity index (χ4n) is 4.41. The van der Waals surface area contributed by atoms with Gasteiger partial charge in [0.2, 0.25) is 0 Å². The second-order valence-corrected chi connectivity index (χ2v) is 8.46. The predicted octanol–water partition coefficient (Wildman–Crippen LogP) is 4.04. The first kappa shape index (κ1) is 21.9. The van der Waals surface area contributed by atoms with E-state index in [4.69, 9.17) is 10.2 Å². The van der Waals surface area contributed by atoms with E-state index in [9.17, 15) is 4.39 Å². The molecule has 4 aromatic rings. The number of aryl methyl sites for hydroxylation is 1. The molecule has 2 aromatic carbocycles. The van der Waals surface area contributed by atoms with Crippen molar-refractivity contribution in [2.75, 3.05) is 25.0 Å². The summed E-state index contributed by atoms with van der Waals surface area (Å²) >= 11 is 0. The minimum atomic E-state index is -0.659. The molecular formula is C25H23F2N7. The van der Waals surface area contributed by atoms with Crippen molar-refractivity contribution in [3.8, 4) is 28.6 Å². The van der Waals surface area contributed by atoms with E-state index in [0.29, 0.717) is 39.8 Å². The van der Waals surface area contributed by atoms with Crippen molar-refractivity contribution >= 4 is 16.9 Å². The minimum Gasteiger partial charge on any atom is -0.355 e. The Bertz CT molecular complexity index is 1420. The summed E-state index contributed by atoms with van der Waals surface area (Å²) in [5, 5.41) is 12.4. The molecule has 1 aliphatic rings. The van der Waals surface area contributed by atoms with Crippen LogP contribution in [0, 0.1) is 23.0 Å². The van der Waals surface area contributed by atoms with Crippen LogP contribution in [-0.4, -0.2) is 45.7 Å². The Morgan fingerprint density at radius 3 is 2.56 bits per heavy atom. The predicted molar refractivity (Wildman–Crippen MR) is 126 cm³/mol. The van der Waals surface area contributed by atoms with Gasteiger partial charge in [-0.2, -0.15) is 5.26 Å². The molecule has 0 atom stereocenters. The SMILES string of the molecule is CNC1CCN(c2cnc(-c3cc4ncn(C)c4cc3F)c(-c3ccc(C#N)c(F)c3)n2)CC1. The third-order valence-corrected chi connectivity index (χ3v) is 6.42. The van der Waals surface area contributed by atoms with Crippen molar-refractivity contribution in [1.29, 1.82) is 5.26 Å². The molecule has 1 N–H and O–H groups in total. The van der Waals surface area contributed by atoms with Crippen LogP contribution < -0.4 is 10.2 Å². The van der Waals surface area contributed by atoms with Crippen molar-refractivity contribution < 1.29 is 8.78 Å². The molecule has 0 bridgehead atoms. The minimum absolute atomic E-state index is 0.0652. The maximum atomic E-state index is 15.3. The Morgan fingerprint density at radius 1 is 1.06 bits per heavy atom. The summed E-state index contributed by atoms with van der Waals surface area (Å²) in [6, 6.07) is 9.60. The Kier molecular flexibility index (Phi) is 5.67. The van der Waals surface area contributed by atoms with E-state index in [2.05, 4.69) is 20.2 Å². The first-order valence-corrected chi connectivity index (χ1v) is 11.1. The number of aromatic nitrogens is 4. The number of nitrogens with one attached hydrogen (secondary N) is 1. The van der Waals surface area contributed by atoms with Crippen molar-refractivity contribution in [3.63, 3.8) is 0 Å². The van der Waals surface area contributed by atoms with Crippen LogP contribution >= 0.6 is 0 Å². The molecule has 7 nitrogen and oxygen atoms in total. The number of imidazole rings is 1. The van der Waals surface area contributed by atoms with Gasteiger partial charge in [0.25, 0.3) is 0 Å². The number of piperidine rings is 1. The molecule has 172 valence electrons. The Hall–Kier alpha value is -3.90. The third-order valence-electron chi connectivity index (χ3n) is 6.42. The van der Waals surface area contributed by atoms with Gasteiger partial charge in [-0.25, -0.2) is 23.7 Å². The van der Waals surface area contributed by atoms with Crippen LogP contribution in [0.1, 0.15) is 18.4 Å². The largest absolute Gasteiger partial charge is 0.355 e. The monoisotopic (exact) mass is 459 g/mol. The highest BCUT2D eigenvalue weighted by Gasteiger charge is 2.23. The van der Waals surface area contributed by atoms with Gasteiger partial charge in [0.15, 0.2) is 0 Å². The molecule has 0 saturated carbocycles. The molecule has 0 unspecified atom stereocenters. The zero-order valence-corrected chi connectivity index (χ0v) is 18.9. The number of benzene rings is 2. The first-order valence-electron chi connectivity index (χ1n) is 11.1. The van der Waals surface area contributed by atoms with E-state index in [1.54, 1.807) is 36.3 Å². The lowest BCUT2D eigenvalue weighted by atomic mass is 10.0. The number of hydrogen-bond acceptors (Lipinski definition) is 6. The zero-order valence-electron chi connectivity index (χ0n) is 18.9. The van der Waals surface area contributed by atoms with Crippen LogP contribution in [0.2, 0.25) is 0 Å². The molecule has 2 aromatic heterocycles. The van der Waals surface area contributed by atoms with Gasteiger partial charge >= 0.3 is 0 Å². The lowest BCUT2D eigenvalue weighted by molar-refractivity contribution is 0.440. The van der Waals surface area contributed by atoms with E-state index >= 15 is 4.39 Å². The molecular weight excluding hydrogens is 436 g/mol. The number of hydrogen-bond donors (Lipinski definition) is 1. The van der Waals surface area contributed by atoms with E-state index < -0.39 is 11.6 Å². The molecule has 5 rings (SSSR count). The van der Waals surface area contributed by atoms with Gasteiger partial charge < -0.3 is 14.8 Å². The van der Waals surface area contributed by atoms with Crippen molar-refractivity contribution in [3.05, 3.63) is 60.1 Å². The van der Waals surface area contributed by atoms with E-state index in [1.165, 1.54) is 18.2 Å². The number of nitrogens with zero attached hydrogens (tertiary/aromatic N) is 6. The summed E-state index contributed by atoms with van der Waals surface area (Å²) < 4.78 is 31.5. The number of nitriles is 1. The van der Waals surface area contributed by atoms with Crippen molar-refractivity contribution in [2.45, 2.75) is 18.9 Å². The van der Waals surface area contributed by atoms with E-state index in [0.717, 1.165) is 25.9 Å². The number of fused-ring (bicyclic) bond motifs is 1. The normalized spacial score (nSPS) is 14.5. The van der Waals surface area contributed by atoms with Crippen LogP contribution in [0.15, 0.2) is 42.9 Å². The first-order chi connectivity index (χ1) is 16.5. The summed E-state index contributed by atoms with van der Waals surface area (Å²) in [5.41, 5.74) is 2.52. The molecule has 0 amide bonds. The van der Waals surface area contributed by atoms with Gasteiger partial charge in [-0.3, -0.25) is 0 Å². The van der Waals surface area contributed by atoms with Crippen LogP contribution in [0.25, 0.3) is 33.5 Å². The lowest BCUT2D eigenvalue weighted by Gasteiger charge is -2.32. The second kappa shape index (κ2) is 8.80. The van der Waals surface area contributed by atoms with Crippen LogP contribution in [0.3, 0.4) is 0 Å². The summed E-state index contributed by atoms with van der Waals surface area (Å²) in [4.78, 5) is 15.9. The molecule has 0 spiro atoms. The van der Waals surface area contributed by atoms with Gasteiger partial charge in [0.1, 0.15) is 23.5 Å². The molecule has 1 saturated heterocycles. The van der Waals surface area contributed by atoms with Crippen LogP contribution in [0.4, 0.5) is 14.6 Å². The molecule has 3 heterocycles. The second-order valence-electron chi connectivity index (χ2n) is 8.46. The average Bonchev–Trinajstić information content (AvgIpc) is 3.22. The standard InChI is InChI=1S/C25H23F2N7/c1-29-17-5-7-34(8-6-17)23-13-30-25(18-10-21-22(11-20(18)27)33(2)14-31-21)24(32-23)15-3-4-16(12-28)19(26)9-15/h3-4,9-11,13-14,17,29H,5-8H2,1-2H3.